The first-order valence-corrected chi connectivity index (χ1v) is 8.41. The van der Waals surface area contributed by atoms with Crippen molar-refractivity contribution in [1.29, 1.82) is 0 Å². The summed E-state index contributed by atoms with van der Waals surface area (Å²) in [4.78, 5) is 24.5. The minimum atomic E-state index is -1.20. The van der Waals surface area contributed by atoms with E-state index in [2.05, 4.69) is 0 Å². The summed E-state index contributed by atoms with van der Waals surface area (Å²) >= 11 is 0. The Balaban J connectivity index is 2.25. The van der Waals surface area contributed by atoms with Crippen LogP contribution in [0.25, 0.3) is 6.08 Å². The quantitative estimate of drug-likeness (QED) is 0.427. The minimum Gasteiger partial charge on any atom is -0.493 e. The number of hydrogen-bond acceptors (Lipinski definition) is 6. The molecule has 1 fully saturated rings. The van der Waals surface area contributed by atoms with Gasteiger partial charge in [0.25, 0.3) is 5.79 Å². The molecule has 0 atom stereocenters. The summed E-state index contributed by atoms with van der Waals surface area (Å²) in [6.45, 7) is 5.95. The summed E-state index contributed by atoms with van der Waals surface area (Å²) in [5, 5.41) is 0. The molecule has 0 saturated carbocycles. The minimum absolute atomic E-state index is 0.137. The predicted molar refractivity (Wildman–Crippen MR) is 92.3 cm³/mol. The van der Waals surface area contributed by atoms with Gasteiger partial charge in [-0.15, -0.1) is 0 Å². The van der Waals surface area contributed by atoms with E-state index in [4.69, 9.17) is 18.9 Å². The lowest BCUT2D eigenvalue weighted by molar-refractivity contribution is -0.230. The van der Waals surface area contributed by atoms with Gasteiger partial charge in [-0.3, -0.25) is 0 Å². The van der Waals surface area contributed by atoms with Gasteiger partial charge in [0.2, 0.25) is 0 Å². The van der Waals surface area contributed by atoms with Crippen molar-refractivity contribution < 1.29 is 28.5 Å². The summed E-state index contributed by atoms with van der Waals surface area (Å²) in [5.74, 6) is -1.44. The van der Waals surface area contributed by atoms with Gasteiger partial charge in [-0.05, 0) is 37.1 Å². The van der Waals surface area contributed by atoms with Crippen molar-refractivity contribution in [2.45, 2.75) is 45.8 Å². The van der Waals surface area contributed by atoms with Gasteiger partial charge in [0.1, 0.15) is 5.57 Å². The molecule has 6 heteroatoms. The van der Waals surface area contributed by atoms with Gasteiger partial charge in [-0.2, -0.15) is 0 Å². The Hall–Kier alpha value is -2.50. The second kappa shape index (κ2) is 8.05. The van der Waals surface area contributed by atoms with Crippen molar-refractivity contribution >= 4 is 18.0 Å². The molecule has 136 valence electrons. The summed E-state index contributed by atoms with van der Waals surface area (Å²) in [5.41, 5.74) is 0.479. The zero-order valence-electron chi connectivity index (χ0n) is 15.1. The van der Waals surface area contributed by atoms with E-state index in [1.807, 2.05) is 13.8 Å². The maximum Gasteiger partial charge on any atom is 0.348 e. The highest BCUT2D eigenvalue weighted by atomic mass is 16.7. The number of ether oxygens (including phenoxy) is 4. The van der Waals surface area contributed by atoms with Crippen LogP contribution in [0.2, 0.25) is 0 Å². The maximum atomic E-state index is 12.3. The second-order valence-corrected chi connectivity index (χ2v) is 5.92. The molecule has 1 aromatic carbocycles. The highest BCUT2D eigenvalue weighted by Crippen LogP contribution is 2.31. The van der Waals surface area contributed by atoms with Crippen LogP contribution in [0.1, 0.15) is 45.6 Å². The van der Waals surface area contributed by atoms with E-state index < -0.39 is 17.7 Å². The molecule has 1 saturated heterocycles. The van der Waals surface area contributed by atoms with E-state index in [9.17, 15) is 9.59 Å². The fourth-order valence-corrected chi connectivity index (χ4v) is 2.54. The molecule has 0 bridgehead atoms. The van der Waals surface area contributed by atoms with Gasteiger partial charge in [0.15, 0.2) is 11.5 Å². The molecule has 1 heterocycles. The molecule has 0 amide bonds. The van der Waals surface area contributed by atoms with Gasteiger partial charge >= 0.3 is 11.9 Å². The Labute approximate surface area is 147 Å². The molecular weight excluding hydrogens is 324 g/mol. The lowest BCUT2D eigenvalue weighted by atomic mass is 10.1. The van der Waals surface area contributed by atoms with Gasteiger partial charge in [0.05, 0.1) is 13.7 Å². The first kappa shape index (κ1) is 18.8. The number of carbonyl (C=O) groups is 2. The average Bonchev–Trinajstić information content (AvgIpc) is 2.57. The average molecular weight is 348 g/mol. The molecular formula is C19H24O6. The maximum absolute atomic E-state index is 12.3. The Bertz CT molecular complexity index is 656. The van der Waals surface area contributed by atoms with Crippen LogP contribution in [-0.2, 0) is 19.1 Å². The topological polar surface area (TPSA) is 71.1 Å². The molecule has 25 heavy (non-hydrogen) atoms. The standard InChI is InChI=1S/C19H24O6/c1-5-7-10-19(3)24-17(20)14(18(21)25-19)11-13-8-9-15(22-4)16(12-13)23-6-2/h8-9,11-12H,5-7,10H2,1-4H3. The molecule has 0 aromatic heterocycles. The molecule has 1 aliphatic rings. The largest absolute Gasteiger partial charge is 0.493 e. The summed E-state index contributed by atoms with van der Waals surface area (Å²) < 4.78 is 21.4. The molecule has 0 N–H and O–H groups in total. The van der Waals surface area contributed by atoms with E-state index in [0.717, 1.165) is 12.8 Å². The third-order valence-corrected chi connectivity index (χ3v) is 3.84. The summed E-state index contributed by atoms with van der Waals surface area (Å²) in [7, 11) is 1.54. The number of methoxy groups -OCH3 is 1. The highest BCUT2D eigenvalue weighted by Gasteiger charge is 2.41. The molecule has 1 aromatic rings. The SMILES string of the molecule is CCCCC1(C)OC(=O)C(=Cc2ccc(OC)c(OCC)c2)C(=O)O1. The molecule has 0 aliphatic carbocycles. The zero-order valence-corrected chi connectivity index (χ0v) is 15.1. The fraction of sp³-hybridized carbons (Fsp3) is 0.474. The summed E-state index contributed by atoms with van der Waals surface area (Å²) in [6, 6.07) is 5.13. The van der Waals surface area contributed by atoms with Crippen LogP contribution >= 0.6 is 0 Å². The smallest absolute Gasteiger partial charge is 0.348 e. The molecule has 2 rings (SSSR count). The normalized spacial score (nSPS) is 19.9. The lowest BCUT2D eigenvalue weighted by Crippen LogP contribution is -2.44. The first-order chi connectivity index (χ1) is 11.9. The third kappa shape index (κ3) is 4.53. The molecule has 0 unspecified atom stereocenters. The molecule has 6 nitrogen and oxygen atoms in total. The van der Waals surface area contributed by atoms with Crippen molar-refractivity contribution in [3.8, 4) is 11.5 Å². The van der Waals surface area contributed by atoms with Crippen LogP contribution in [0, 0.1) is 0 Å². The highest BCUT2D eigenvalue weighted by molar-refractivity contribution is 6.18. The Morgan fingerprint density at radius 2 is 1.80 bits per heavy atom. The van der Waals surface area contributed by atoms with Crippen LogP contribution in [0.4, 0.5) is 0 Å². The van der Waals surface area contributed by atoms with E-state index in [0.29, 0.717) is 30.1 Å². The Kier molecular flexibility index (Phi) is 6.07. The predicted octanol–water partition coefficient (Wildman–Crippen LogP) is 3.48. The van der Waals surface area contributed by atoms with Gasteiger partial charge < -0.3 is 18.9 Å². The Morgan fingerprint density at radius 1 is 1.12 bits per heavy atom. The fourth-order valence-electron chi connectivity index (χ4n) is 2.54. The van der Waals surface area contributed by atoms with Crippen molar-refractivity contribution in [1.82, 2.24) is 0 Å². The van der Waals surface area contributed by atoms with Crippen LogP contribution in [0.3, 0.4) is 0 Å². The van der Waals surface area contributed by atoms with Gasteiger partial charge in [-0.25, -0.2) is 9.59 Å². The van der Waals surface area contributed by atoms with Crippen LogP contribution in [-0.4, -0.2) is 31.4 Å². The zero-order chi connectivity index (χ0) is 18.4. The van der Waals surface area contributed by atoms with Crippen molar-refractivity contribution in [3.05, 3.63) is 29.3 Å². The lowest BCUT2D eigenvalue weighted by Gasteiger charge is -2.33. The number of cyclic esters (lactones) is 2. The van der Waals surface area contributed by atoms with Crippen molar-refractivity contribution in [2.24, 2.45) is 0 Å². The van der Waals surface area contributed by atoms with Crippen molar-refractivity contribution in [2.75, 3.05) is 13.7 Å². The number of esters is 2. The number of rotatable bonds is 7. The second-order valence-electron chi connectivity index (χ2n) is 5.92. The van der Waals surface area contributed by atoms with E-state index in [-0.39, 0.29) is 5.57 Å². The molecule has 1 aliphatic heterocycles. The van der Waals surface area contributed by atoms with Crippen LogP contribution in [0.15, 0.2) is 23.8 Å². The van der Waals surface area contributed by atoms with E-state index in [1.165, 1.54) is 6.08 Å². The van der Waals surface area contributed by atoms with Gasteiger partial charge in [0, 0.05) is 13.3 Å². The number of carbonyl (C=O) groups excluding carboxylic acids is 2. The van der Waals surface area contributed by atoms with Crippen LogP contribution < -0.4 is 9.47 Å². The molecule has 0 spiro atoms. The molecule has 0 radical (unpaired) electrons. The van der Waals surface area contributed by atoms with Gasteiger partial charge in [-0.1, -0.05) is 19.4 Å². The first-order valence-electron chi connectivity index (χ1n) is 8.41. The van der Waals surface area contributed by atoms with E-state index >= 15 is 0 Å². The number of unbranched alkanes of at least 4 members (excludes halogenated alkanes) is 1. The van der Waals surface area contributed by atoms with E-state index in [1.54, 1.807) is 32.2 Å². The monoisotopic (exact) mass is 348 g/mol. The Morgan fingerprint density at radius 3 is 2.36 bits per heavy atom. The van der Waals surface area contributed by atoms with Crippen LogP contribution in [0.5, 0.6) is 11.5 Å². The number of benzene rings is 1. The van der Waals surface area contributed by atoms with Crippen molar-refractivity contribution in [3.63, 3.8) is 0 Å². The number of hydrogen-bond donors (Lipinski definition) is 0. The summed E-state index contributed by atoms with van der Waals surface area (Å²) in [6.07, 6.45) is 3.63. The third-order valence-electron chi connectivity index (χ3n) is 3.84.